The Kier molecular flexibility index (Phi) is 5.16. The number of benzene rings is 1. The summed E-state index contributed by atoms with van der Waals surface area (Å²) in [6, 6.07) is 15.7. The number of halogens is 1. The fourth-order valence-electron chi connectivity index (χ4n) is 4.41. The number of aromatic nitrogens is 1. The minimum atomic E-state index is -3.59. The number of thiophene rings is 1. The van der Waals surface area contributed by atoms with Gasteiger partial charge in [0.25, 0.3) is 0 Å². The quantitative estimate of drug-likeness (QED) is 0.594. The third kappa shape index (κ3) is 3.37. The van der Waals surface area contributed by atoms with Gasteiger partial charge in [0, 0.05) is 23.2 Å². The molecule has 2 unspecified atom stereocenters. The number of rotatable bonds is 3. The predicted molar refractivity (Wildman–Crippen MR) is 129 cm³/mol. The maximum atomic E-state index is 13.3. The van der Waals surface area contributed by atoms with Crippen LogP contribution in [-0.2, 0) is 20.1 Å². The molecule has 2 N–H and O–H groups in total. The maximum Gasteiger partial charge on any atom is 0.168 e. The molecule has 3 aromatic rings. The molecule has 0 aliphatic carbocycles. The van der Waals surface area contributed by atoms with E-state index in [0.717, 1.165) is 21.7 Å². The molecule has 2 atom stereocenters. The molecule has 166 valence electrons. The van der Waals surface area contributed by atoms with Gasteiger partial charge in [0.05, 0.1) is 28.0 Å². The minimum absolute atomic E-state index is 0.0590. The molecule has 2 aliphatic heterocycles. The van der Waals surface area contributed by atoms with Crippen molar-refractivity contribution in [1.29, 1.82) is 0 Å². The van der Waals surface area contributed by atoms with Crippen molar-refractivity contribution in [2.24, 2.45) is 10.7 Å². The lowest BCUT2D eigenvalue weighted by molar-refractivity contribution is 0.194. The number of sulfone groups is 1. The second-order valence-electron chi connectivity index (χ2n) is 8.41. The lowest BCUT2D eigenvalue weighted by Crippen LogP contribution is -2.58. The third-order valence-electron chi connectivity index (χ3n) is 6.18. The highest BCUT2D eigenvalue weighted by Gasteiger charge is 2.57. The Balaban J connectivity index is 1.56. The van der Waals surface area contributed by atoms with Crippen LogP contribution in [-0.4, -0.2) is 43.0 Å². The molecule has 5 rings (SSSR count). The number of nitrogens with zero attached hydrogens (tertiary/aromatic N) is 2. The fraction of sp³-hybridized carbons (Fsp3) is 0.304. The third-order valence-corrected chi connectivity index (χ3v) is 10.7. The average molecular weight is 488 g/mol. The molecule has 2 aliphatic rings. The summed E-state index contributed by atoms with van der Waals surface area (Å²) in [5.74, 6) is -0.0416. The highest BCUT2D eigenvalue weighted by atomic mass is 35.5. The van der Waals surface area contributed by atoms with Gasteiger partial charge in [-0.1, -0.05) is 41.9 Å². The van der Waals surface area contributed by atoms with Gasteiger partial charge in [0.1, 0.15) is 11.4 Å². The number of hydrogen-bond donors (Lipinski definition) is 1. The lowest BCUT2D eigenvalue weighted by Gasteiger charge is -2.38. The van der Waals surface area contributed by atoms with Crippen LogP contribution in [0.3, 0.4) is 0 Å². The van der Waals surface area contributed by atoms with Crippen molar-refractivity contribution in [3.05, 3.63) is 64.6 Å². The van der Waals surface area contributed by atoms with Crippen molar-refractivity contribution in [1.82, 2.24) is 4.98 Å². The monoisotopic (exact) mass is 487 g/mol. The minimum Gasteiger partial charge on any atom is -0.386 e. The summed E-state index contributed by atoms with van der Waals surface area (Å²) < 4.78 is 30.8. The van der Waals surface area contributed by atoms with E-state index < -0.39 is 20.1 Å². The van der Waals surface area contributed by atoms with Crippen LogP contribution in [0.15, 0.2) is 59.7 Å². The first-order chi connectivity index (χ1) is 15.2. The predicted octanol–water partition coefficient (Wildman–Crippen LogP) is 4.29. The van der Waals surface area contributed by atoms with Gasteiger partial charge >= 0.3 is 0 Å². The summed E-state index contributed by atoms with van der Waals surface area (Å²) in [7, 11) is -3.59. The Bertz CT molecular complexity index is 1320. The molecule has 0 bridgehead atoms. The van der Waals surface area contributed by atoms with Gasteiger partial charge in [-0.05, 0) is 37.1 Å². The Hall–Kier alpha value is -2.26. The van der Waals surface area contributed by atoms with Crippen LogP contribution in [0.25, 0.3) is 21.7 Å². The van der Waals surface area contributed by atoms with Crippen molar-refractivity contribution in [3.8, 4) is 21.7 Å². The van der Waals surface area contributed by atoms with Gasteiger partial charge < -0.3 is 10.5 Å². The fourth-order valence-corrected chi connectivity index (χ4v) is 8.37. The van der Waals surface area contributed by atoms with E-state index in [1.54, 1.807) is 13.1 Å². The highest BCUT2D eigenvalue weighted by Crippen LogP contribution is 2.47. The first-order valence-corrected chi connectivity index (χ1v) is 13.1. The van der Waals surface area contributed by atoms with Gasteiger partial charge in [-0.25, -0.2) is 8.42 Å². The zero-order valence-corrected chi connectivity index (χ0v) is 19.8. The van der Waals surface area contributed by atoms with E-state index in [4.69, 9.17) is 27.1 Å². The number of pyridine rings is 1. The van der Waals surface area contributed by atoms with Crippen LogP contribution >= 0.6 is 22.9 Å². The van der Waals surface area contributed by atoms with E-state index in [-0.39, 0.29) is 18.2 Å². The molecule has 0 saturated carbocycles. The van der Waals surface area contributed by atoms with E-state index in [1.165, 1.54) is 11.3 Å². The number of nitrogens with two attached hydrogens (primary N) is 1. The Labute approximate surface area is 196 Å². The normalized spacial score (nSPS) is 26.9. The summed E-state index contributed by atoms with van der Waals surface area (Å²) in [5.41, 5.74) is 8.04. The van der Waals surface area contributed by atoms with Gasteiger partial charge in [-0.3, -0.25) is 9.98 Å². The largest absolute Gasteiger partial charge is 0.386 e. The Morgan fingerprint density at radius 1 is 1.16 bits per heavy atom. The van der Waals surface area contributed by atoms with Crippen molar-refractivity contribution < 1.29 is 13.2 Å². The molecule has 1 fully saturated rings. The SMILES string of the molecule is CC1(c2sc(-c3ccnc(-c4ccccc4)c3)cc2Cl)CS(=O)(=O)C2(CCOC2)C(N)=N1. The Morgan fingerprint density at radius 3 is 2.62 bits per heavy atom. The zero-order chi connectivity index (χ0) is 22.6. The van der Waals surface area contributed by atoms with E-state index in [0.29, 0.717) is 22.9 Å². The van der Waals surface area contributed by atoms with Crippen LogP contribution in [0, 0.1) is 0 Å². The number of hydrogen-bond acceptors (Lipinski definition) is 7. The molecule has 9 heteroatoms. The van der Waals surface area contributed by atoms with E-state index >= 15 is 0 Å². The summed E-state index contributed by atoms with van der Waals surface area (Å²) >= 11 is 8.07. The first-order valence-electron chi connectivity index (χ1n) is 10.2. The van der Waals surface area contributed by atoms with Crippen molar-refractivity contribution in [2.75, 3.05) is 19.0 Å². The second kappa shape index (κ2) is 7.66. The smallest absolute Gasteiger partial charge is 0.168 e. The average Bonchev–Trinajstić information content (AvgIpc) is 3.42. The second-order valence-corrected chi connectivity index (χ2v) is 12.2. The van der Waals surface area contributed by atoms with Crippen molar-refractivity contribution in [2.45, 2.75) is 23.6 Å². The van der Waals surface area contributed by atoms with E-state index in [9.17, 15) is 8.42 Å². The molecule has 2 aromatic heterocycles. The molecule has 0 radical (unpaired) electrons. The van der Waals surface area contributed by atoms with Crippen molar-refractivity contribution in [3.63, 3.8) is 0 Å². The molecule has 1 aromatic carbocycles. The molecule has 6 nitrogen and oxygen atoms in total. The van der Waals surface area contributed by atoms with Gasteiger partial charge in [-0.2, -0.15) is 0 Å². The van der Waals surface area contributed by atoms with Crippen molar-refractivity contribution >= 4 is 38.6 Å². The zero-order valence-electron chi connectivity index (χ0n) is 17.4. The maximum absolute atomic E-state index is 13.3. The first kappa shape index (κ1) is 21.6. The topological polar surface area (TPSA) is 94.6 Å². The van der Waals surface area contributed by atoms with Crippen LogP contribution < -0.4 is 5.73 Å². The van der Waals surface area contributed by atoms with Crippen LogP contribution in [0.4, 0.5) is 0 Å². The number of aliphatic imine (C=N–C) groups is 1. The molecule has 0 amide bonds. The van der Waals surface area contributed by atoms with Gasteiger partial charge in [0.15, 0.2) is 14.6 Å². The van der Waals surface area contributed by atoms with Crippen LogP contribution in [0.2, 0.25) is 5.02 Å². The molecular weight excluding hydrogens is 466 g/mol. The lowest BCUT2D eigenvalue weighted by atomic mass is 10.0. The molecule has 1 saturated heterocycles. The standard InChI is InChI=1S/C23H22ClN3O3S2/c1-22(14-32(28,29)23(21(25)27-22)8-10-30-13-23)20-17(24)12-19(31-20)16-7-9-26-18(11-16)15-5-3-2-4-6-15/h2-7,9,11-12H,8,10,13-14H2,1H3,(H2,25,27). The number of amidine groups is 1. The van der Waals surface area contributed by atoms with Gasteiger partial charge in [0.2, 0.25) is 0 Å². The van der Waals surface area contributed by atoms with E-state index in [2.05, 4.69) is 4.98 Å². The molecule has 4 heterocycles. The van der Waals surface area contributed by atoms with Crippen LogP contribution in [0.1, 0.15) is 18.2 Å². The summed E-state index contributed by atoms with van der Waals surface area (Å²) in [6.07, 6.45) is 2.10. The molecule has 1 spiro atoms. The Morgan fingerprint density at radius 2 is 1.94 bits per heavy atom. The van der Waals surface area contributed by atoms with Crippen LogP contribution in [0.5, 0.6) is 0 Å². The summed E-state index contributed by atoms with van der Waals surface area (Å²) in [5, 5.41) is 0.482. The molecule has 32 heavy (non-hydrogen) atoms. The molecular formula is C23H22ClN3O3S2. The van der Waals surface area contributed by atoms with Gasteiger partial charge in [-0.15, -0.1) is 11.3 Å². The van der Waals surface area contributed by atoms with E-state index in [1.807, 2.05) is 48.5 Å². The summed E-state index contributed by atoms with van der Waals surface area (Å²) in [4.78, 5) is 10.8. The number of ether oxygens (including phenoxy) is 1. The summed E-state index contributed by atoms with van der Waals surface area (Å²) in [6.45, 7) is 2.20. The highest BCUT2D eigenvalue weighted by molar-refractivity contribution is 7.93.